The van der Waals surface area contributed by atoms with Crippen LogP contribution in [0, 0.1) is 0 Å². The highest BCUT2D eigenvalue weighted by atomic mass is 16.5. The van der Waals surface area contributed by atoms with E-state index in [2.05, 4.69) is 5.32 Å². The molecule has 2 aromatic carbocycles. The van der Waals surface area contributed by atoms with E-state index in [1.165, 1.54) is 0 Å². The lowest BCUT2D eigenvalue weighted by Crippen LogP contribution is -2.30. The van der Waals surface area contributed by atoms with Gasteiger partial charge in [-0.15, -0.1) is 0 Å². The monoisotopic (exact) mass is 275 g/mol. The lowest BCUT2D eigenvalue weighted by Gasteiger charge is -2.22. The van der Waals surface area contributed by atoms with E-state index in [0.29, 0.717) is 24.5 Å². The first-order valence-electron chi connectivity index (χ1n) is 6.84. The molecule has 2 atom stereocenters. The van der Waals surface area contributed by atoms with Gasteiger partial charge >= 0.3 is 0 Å². The van der Waals surface area contributed by atoms with Crippen molar-refractivity contribution in [3.8, 4) is 5.75 Å². The summed E-state index contributed by atoms with van der Waals surface area (Å²) in [6, 6.07) is 11.6. The minimum Gasteiger partial charge on any atom is -0.493 e. The molecule has 2 rings (SSSR count). The molecule has 0 bridgehead atoms. The Morgan fingerprint density at radius 1 is 1.15 bits per heavy atom. The van der Waals surface area contributed by atoms with Crippen molar-refractivity contribution in [3.63, 3.8) is 0 Å². The average Bonchev–Trinajstić information content (AvgIpc) is 2.47. The molecule has 0 saturated heterocycles. The number of likely N-dealkylation sites (N-methyl/N-ethyl adjacent to an activating group) is 1. The molecule has 0 spiro atoms. The van der Waals surface area contributed by atoms with Gasteiger partial charge in [-0.2, -0.15) is 0 Å². The number of aliphatic hydroxyl groups is 2. The molecule has 0 aliphatic rings. The quantitative estimate of drug-likeness (QED) is 0.753. The van der Waals surface area contributed by atoms with E-state index in [9.17, 15) is 10.2 Å². The zero-order valence-electron chi connectivity index (χ0n) is 11.8. The van der Waals surface area contributed by atoms with Crippen molar-refractivity contribution in [2.75, 3.05) is 20.2 Å². The van der Waals surface area contributed by atoms with Crippen molar-refractivity contribution in [1.29, 1.82) is 0 Å². The van der Waals surface area contributed by atoms with Gasteiger partial charge in [0.2, 0.25) is 0 Å². The molecule has 0 radical (unpaired) electrons. The molecule has 0 aliphatic heterocycles. The van der Waals surface area contributed by atoms with Gasteiger partial charge in [0.25, 0.3) is 0 Å². The number of aliphatic hydroxyl groups excluding tert-OH is 2. The number of hydrogen-bond acceptors (Lipinski definition) is 4. The molecule has 0 aromatic heterocycles. The Hall–Kier alpha value is -1.62. The Morgan fingerprint density at radius 2 is 1.90 bits per heavy atom. The standard InChI is InChI=1S/C16H21NO3/c1-3-20-14-9-8-11-6-4-5-7-12(11)15(14)16(19)13(18)10-17-2/h4-9,13,16-19H,3,10H2,1-2H3. The average molecular weight is 275 g/mol. The van der Waals surface area contributed by atoms with Gasteiger partial charge < -0.3 is 20.3 Å². The second kappa shape index (κ2) is 6.70. The van der Waals surface area contributed by atoms with E-state index in [4.69, 9.17) is 4.74 Å². The van der Waals surface area contributed by atoms with Crippen LogP contribution < -0.4 is 10.1 Å². The van der Waals surface area contributed by atoms with Crippen molar-refractivity contribution in [2.24, 2.45) is 0 Å². The van der Waals surface area contributed by atoms with E-state index in [-0.39, 0.29) is 0 Å². The lowest BCUT2D eigenvalue weighted by molar-refractivity contribution is 0.0195. The van der Waals surface area contributed by atoms with Gasteiger partial charge in [-0.25, -0.2) is 0 Å². The molecule has 20 heavy (non-hydrogen) atoms. The topological polar surface area (TPSA) is 61.7 Å². The maximum Gasteiger partial charge on any atom is 0.125 e. The van der Waals surface area contributed by atoms with Crippen molar-refractivity contribution in [3.05, 3.63) is 42.0 Å². The highest BCUT2D eigenvalue weighted by Gasteiger charge is 2.23. The summed E-state index contributed by atoms with van der Waals surface area (Å²) in [6.45, 7) is 2.73. The number of hydrogen-bond donors (Lipinski definition) is 3. The molecular weight excluding hydrogens is 254 g/mol. The van der Waals surface area contributed by atoms with Gasteiger partial charge in [0.05, 0.1) is 12.7 Å². The third-order valence-electron chi connectivity index (χ3n) is 3.30. The number of nitrogens with one attached hydrogen (secondary N) is 1. The Bertz CT molecular complexity index is 571. The maximum absolute atomic E-state index is 10.5. The highest BCUT2D eigenvalue weighted by molar-refractivity contribution is 5.88. The Balaban J connectivity index is 2.54. The van der Waals surface area contributed by atoms with Crippen LogP contribution in [0.15, 0.2) is 36.4 Å². The largest absolute Gasteiger partial charge is 0.493 e. The number of fused-ring (bicyclic) bond motifs is 1. The van der Waals surface area contributed by atoms with Gasteiger partial charge in [-0.3, -0.25) is 0 Å². The van der Waals surface area contributed by atoms with Crippen LogP contribution in [0.25, 0.3) is 10.8 Å². The predicted molar refractivity (Wildman–Crippen MR) is 80.0 cm³/mol. The molecule has 2 aromatic rings. The van der Waals surface area contributed by atoms with E-state index < -0.39 is 12.2 Å². The summed E-state index contributed by atoms with van der Waals surface area (Å²) in [5.41, 5.74) is 0.646. The smallest absolute Gasteiger partial charge is 0.125 e. The third-order valence-corrected chi connectivity index (χ3v) is 3.30. The van der Waals surface area contributed by atoms with E-state index in [1.54, 1.807) is 7.05 Å². The van der Waals surface area contributed by atoms with Crippen molar-refractivity contribution >= 4 is 10.8 Å². The summed E-state index contributed by atoms with van der Waals surface area (Å²) in [7, 11) is 1.74. The van der Waals surface area contributed by atoms with Crippen LogP contribution in [0.5, 0.6) is 5.75 Å². The third kappa shape index (κ3) is 2.93. The fourth-order valence-electron chi connectivity index (χ4n) is 2.38. The first-order chi connectivity index (χ1) is 9.69. The van der Waals surface area contributed by atoms with Gasteiger partial charge in [0, 0.05) is 12.1 Å². The molecule has 4 nitrogen and oxygen atoms in total. The molecule has 0 amide bonds. The van der Waals surface area contributed by atoms with E-state index in [1.807, 2.05) is 43.3 Å². The zero-order chi connectivity index (χ0) is 14.5. The van der Waals surface area contributed by atoms with Crippen LogP contribution >= 0.6 is 0 Å². The summed E-state index contributed by atoms with van der Waals surface area (Å²) in [5, 5.41) is 25.3. The first kappa shape index (κ1) is 14.8. The maximum atomic E-state index is 10.5. The lowest BCUT2D eigenvalue weighted by atomic mass is 9.96. The molecule has 0 heterocycles. The molecule has 0 saturated carbocycles. The van der Waals surface area contributed by atoms with Crippen molar-refractivity contribution in [2.45, 2.75) is 19.1 Å². The normalized spacial score (nSPS) is 14.2. The van der Waals surface area contributed by atoms with Crippen LogP contribution in [0.3, 0.4) is 0 Å². The van der Waals surface area contributed by atoms with Crippen LogP contribution in [-0.4, -0.2) is 36.5 Å². The van der Waals surface area contributed by atoms with Gasteiger partial charge in [-0.05, 0) is 30.8 Å². The number of rotatable bonds is 6. The predicted octanol–water partition coefficient (Wildman–Crippen LogP) is 1.85. The highest BCUT2D eigenvalue weighted by Crippen LogP contribution is 2.34. The van der Waals surface area contributed by atoms with E-state index >= 15 is 0 Å². The summed E-state index contributed by atoms with van der Waals surface area (Å²) in [5.74, 6) is 0.619. The van der Waals surface area contributed by atoms with Crippen LogP contribution in [0.2, 0.25) is 0 Å². The van der Waals surface area contributed by atoms with Gasteiger partial charge in [0.15, 0.2) is 0 Å². The van der Waals surface area contributed by atoms with Gasteiger partial charge in [-0.1, -0.05) is 30.3 Å². The minimum absolute atomic E-state index is 0.315. The van der Waals surface area contributed by atoms with Crippen LogP contribution in [-0.2, 0) is 0 Å². The van der Waals surface area contributed by atoms with Crippen LogP contribution in [0.4, 0.5) is 0 Å². The van der Waals surface area contributed by atoms with Crippen molar-refractivity contribution in [1.82, 2.24) is 5.32 Å². The summed E-state index contributed by atoms with van der Waals surface area (Å²) < 4.78 is 5.60. The molecule has 108 valence electrons. The first-order valence-corrected chi connectivity index (χ1v) is 6.84. The summed E-state index contributed by atoms with van der Waals surface area (Å²) >= 11 is 0. The Labute approximate surface area is 119 Å². The fourth-order valence-corrected chi connectivity index (χ4v) is 2.38. The van der Waals surface area contributed by atoms with Crippen molar-refractivity contribution < 1.29 is 14.9 Å². The zero-order valence-corrected chi connectivity index (χ0v) is 11.8. The van der Waals surface area contributed by atoms with E-state index in [0.717, 1.165) is 10.8 Å². The van der Waals surface area contributed by atoms with Gasteiger partial charge in [0.1, 0.15) is 11.9 Å². The second-order valence-electron chi connectivity index (χ2n) is 4.70. The molecule has 4 heteroatoms. The minimum atomic E-state index is -0.991. The molecule has 3 N–H and O–H groups in total. The molecule has 0 fully saturated rings. The molecule has 2 unspecified atom stereocenters. The Kier molecular flexibility index (Phi) is 4.95. The SMILES string of the molecule is CCOc1ccc2ccccc2c1C(O)C(O)CNC. The fraction of sp³-hybridized carbons (Fsp3) is 0.375. The Morgan fingerprint density at radius 3 is 2.60 bits per heavy atom. The summed E-state index contributed by atoms with van der Waals surface area (Å²) in [6.07, 6.45) is -1.87. The number of benzene rings is 2. The number of ether oxygens (including phenoxy) is 1. The van der Waals surface area contributed by atoms with Crippen LogP contribution in [0.1, 0.15) is 18.6 Å². The molecular formula is C16H21NO3. The summed E-state index contributed by atoms with van der Waals surface area (Å²) in [4.78, 5) is 0. The second-order valence-corrected chi connectivity index (χ2v) is 4.70. The molecule has 0 aliphatic carbocycles.